The highest BCUT2D eigenvalue weighted by molar-refractivity contribution is 6.36. The smallest absolute Gasteiger partial charge is 0.253 e. The number of nitrogens with zero attached hydrogens (tertiary/aromatic N) is 1. The summed E-state index contributed by atoms with van der Waals surface area (Å²) in [6.45, 7) is 4.01. The van der Waals surface area contributed by atoms with E-state index in [0.717, 1.165) is 27.8 Å². The van der Waals surface area contributed by atoms with Crippen molar-refractivity contribution in [2.75, 3.05) is 12.4 Å². The van der Waals surface area contributed by atoms with E-state index in [1.807, 2.05) is 50.4 Å². The van der Waals surface area contributed by atoms with Crippen LogP contribution < -0.4 is 15.6 Å². The van der Waals surface area contributed by atoms with Crippen LogP contribution >= 0.6 is 11.6 Å². The number of methoxy groups -OCH3 is 1. The Labute approximate surface area is 179 Å². The summed E-state index contributed by atoms with van der Waals surface area (Å²) in [6, 6.07) is 15.5. The maximum absolute atomic E-state index is 12.7. The number of fused-ring (bicyclic) bond motifs is 1. The number of aromatic nitrogens is 2. The lowest BCUT2D eigenvalue weighted by molar-refractivity contribution is 0.415. The molecule has 0 unspecified atom stereocenters. The molecule has 6 heteroatoms. The van der Waals surface area contributed by atoms with Gasteiger partial charge in [0.05, 0.1) is 18.7 Å². The number of pyridine rings is 2. The van der Waals surface area contributed by atoms with Crippen LogP contribution in [0.1, 0.15) is 24.1 Å². The summed E-state index contributed by atoms with van der Waals surface area (Å²) in [5.74, 6) is 0.530. The predicted molar refractivity (Wildman–Crippen MR) is 123 cm³/mol. The van der Waals surface area contributed by atoms with E-state index in [9.17, 15) is 4.79 Å². The Morgan fingerprint density at radius 3 is 2.77 bits per heavy atom. The standard InChI is InChI=1S/C24H22ClN3O2/c1-14-13-26-10-9-19(14)16-5-4-6-18(11-16)27-15(2)20-12-17-7-8-21(30-3)22(25)23(17)28-24(20)29/h4-13,15,27H,1-3H3,(H,28,29)/t15-/m0/s1. The molecule has 0 bridgehead atoms. The molecule has 5 nitrogen and oxygen atoms in total. The first-order valence-electron chi connectivity index (χ1n) is 9.65. The average molecular weight is 420 g/mol. The zero-order chi connectivity index (χ0) is 21.3. The molecule has 2 aromatic carbocycles. The monoisotopic (exact) mass is 419 g/mol. The number of aryl methyl sites for hydroxylation is 1. The number of rotatable bonds is 5. The highest BCUT2D eigenvalue weighted by atomic mass is 35.5. The molecule has 0 fully saturated rings. The van der Waals surface area contributed by atoms with Gasteiger partial charge in [0.15, 0.2) is 0 Å². The highest BCUT2D eigenvalue weighted by Gasteiger charge is 2.14. The molecule has 30 heavy (non-hydrogen) atoms. The number of hydrogen-bond acceptors (Lipinski definition) is 4. The number of ether oxygens (including phenoxy) is 1. The summed E-state index contributed by atoms with van der Waals surface area (Å²) in [5, 5.41) is 4.69. The minimum Gasteiger partial charge on any atom is -0.495 e. The third-order valence-corrected chi connectivity index (χ3v) is 5.59. The molecule has 1 atom stereocenters. The molecule has 0 saturated heterocycles. The SMILES string of the molecule is COc1ccc2cc([C@H](C)Nc3cccc(-c4ccncc4C)c3)c(=O)[nH]c2c1Cl. The number of halogens is 1. The second-order valence-corrected chi connectivity index (χ2v) is 7.62. The topological polar surface area (TPSA) is 67.0 Å². The molecule has 0 amide bonds. The molecule has 0 saturated carbocycles. The first-order valence-corrected chi connectivity index (χ1v) is 10.0. The fourth-order valence-corrected chi connectivity index (χ4v) is 3.92. The second kappa shape index (κ2) is 8.20. The lowest BCUT2D eigenvalue weighted by Gasteiger charge is -2.17. The van der Waals surface area contributed by atoms with E-state index in [4.69, 9.17) is 16.3 Å². The van der Waals surface area contributed by atoms with E-state index in [1.54, 1.807) is 19.4 Å². The lowest BCUT2D eigenvalue weighted by atomic mass is 10.0. The number of hydrogen-bond donors (Lipinski definition) is 2. The molecule has 0 aliphatic rings. The average Bonchev–Trinajstić information content (AvgIpc) is 2.74. The van der Waals surface area contributed by atoms with Crippen LogP contribution in [-0.4, -0.2) is 17.1 Å². The maximum atomic E-state index is 12.7. The number of nitrogens with one attached hydrogen (secondary N) is 2. The molecule has 4 rings (SSSR count). The molecule has 152 valence electrons. The molecule has 0 aliphatic heterocycles. The molecular formula is C24H22ClN3O2. The zero-order valence-corrected chi connectivity index (χ0v) is 17.7. The van der Waals surface area contributed by atoms with Crippen LogP contribution in [-0.2, 0) is 0 Å². The van der Waals surface area contributed by atoms with Crippen molar-refractivity contribution < 1.29 is 4.74 Å². The van der Waals surface area contributed by atoms with Crippen LogP contribution in [0.15, 0.2) is 65.7 Å². The van der Waals surface area contributed by atoms with E-state index in [2.05, 4.69) is 27.4 Å². The van der Waals surface area contributed by atoms with E-state index in [0.29, 0.717) is 21.9 Å². The van der Waals surface area contributed by atoms with Crippen molar-refractivity contribution >= 4 is 28.2 Å². The van der Waals surface area contributed by atoms with Crippen LogP contribution in [0.3, 0.4) is 0 Å². The Morgan fingerprint density at radius 2 is 2.00 bits per heavy atom. The number of H-pyrrole nitrogens is 1. The van der Waals surface area contributed by atoms with Gasteiger partial charge >= 0.3 is 0 Å². The molecule has 2 aromatic heterocycles. The van der Waals surface area contributed by atoms with E-state index < -0.39 is 0 Å². The van der Waals surface area contributed by atoms with Gasteiger partial charge in [-0.2, -0.15) is 0 Å². The number of anilines is 1. The molecule has 0 spiro atoms. The molecule has 0 radical (unpaired) electrons. The van der Waals surface area contributed by atoms with Crippen LogP contribution in [0.25, 0.3) is 22.0 Å². The Morgan fingerprint density at radius 1 is 1.17 bits per heavy atom. The third kappa shape index (κ3) is 3.76. The van der Waals surface area contributed by atoms with Crippen molar-refractivity contribution in [1.82, 2.24) is 9.97 Å². The summed E-state index contributed by atoms with van der Waals surface area (Å²) in [5.41, 5.74) is 5.30. The van der Waals surface area contributed by atoms with Crippen molar-refractivity contribution in [2.45, 2.75) is 19.9 Å². The normalized spacial score (nSPS) is 12.0. The molecule has 2 heterocycles. The van der Waals surface area contributed by atoms with Crippen molar-refractivity contribution in [3.8, 4) is 16.9 Å². The van der Waals surface area contributed by atoms with Gasteiger partial charge in [-0.05, 0) is 66.9 Å². The predicted octanol–water partition coefficient (Wildman–Crippen LogP) is 5.73. The van der Waals surface area contributed by atoms with Gasteiger partial charge in [-0.25, -0.2) is 0 Å². The molecule has 4 aromatic rings. The van der Waals surface area contributed by atoms with Crippen molar-refractivity contribution in [3.63, 3.8) is 0 Å². The molecule has 0 aliphatic carbocycles. The first-order chi connectivity index (χ1) is 14.5. The van der Waals surface area contributed by atoms with E-state index >= 15 is 0 Å². The van der Waals surface area contributed by atoms with Gasteiger partial charge in [-0.3, -0.25) is 9.78 Å². The van der Waals surface area contributed by atoms with Gasteiger partial charge in [0.1, 0.15) is 10.8 Å². The minimum atomic E-state index is -0.201. The van der Waals surface area contributed by atoms with Gasteiger partial charge in [0, 0.05) is 29.0 Å². The summed E-state index contributed by atoms with van der Waals surface area (Å²) < 4.78 is 5.24. The fraction of sp³-hybridized carbons (Fsp3) is 0.167. The Hall–Kier alpha value is -3.31. The quantitative estimate of drug-likeness (QED) is 0.433. The number of benzene rings is 2. The summed E-state index contributed by atoms with van der Waals surface area (Å²) in [7, 11) is 1.55. The van der Waals surface area contributed by atoms with Crippen molar-refractivity contribution in [1.29, 1.82) is 0 Å². The van der Waals surface area contributed by atoms with E-state index in [1.165, 1.54) is 0 Å². The third-order valence-electron chi connectivity index (χ3n) is 5.21. The maximum Gasteiger partial charge on any atom is 0.253 e. The van der Waals surface area contributed by atoms with Crippen LogP contribution in [0.4, 0.5) is 5.69 Å². The fourth-order valence-electron chi connectivity index (χ4n) is 3.62. The Balaban J connectivity index is 1.66. The number of aromatic amines is 1. The Bertz CT molecular complexity index is 1280. The summed E-state index contributed by atoms with van der Waals surface area (Å²) in [6.07, 6.45) is 3.65. The molecular weight excluding hydrogens is 398 g/mol. The zero-order valence-electron chi connectivity index (χ0n) is 17.0. The van der Waals surface area contributed by atoms with Gasteiger partial charge < -0.3 is 15.0 Å². The minimum absolute atomic E-state index is 0.182. The largest absolute Gasteiger partial charge is 0.495 e. The van der Waals surface area contributed by atoms with Gasteiger partial charge in [0.2, 0.25) is 0 Å². The first kappa shape index (κ1) is 20.0. The van der Waals surface area contributed by atoms with E-state index in [-0.39, 0.29) is 11.6 Å². The lowest BCUT2D eigenvalue weighted by Crippen LogP contribution is -2.19. The van der Waals surface area contributed by atoms with Gasteiger partial charge in [-0.15, -0.1) is 0 Å². The van der Waals surface area contributed by atoms with Crippen LogP contribution in [0, 0.1) is 6.92 Å². The van der Waals surface area contributed by atoms with Crippen molar-refractivity contribution in [2.24, 2.45) is 0 Å². The second-order valence-electron chi connectivity index (χ2n) is 7.24. The molecule has 2 N–H and O–H groups in total. The summed E-state index contributed by atoms with van der Waals surface area (Å²) in [4.78, 5) is 19.8. The van der Waals surface area contributed by atoms with Gasteiger partial charge in [-0.1, -0.05) is 23.7 Å². The highest BCUT2D eigenvalue weighted by Crippen LogP contribution is 2.32. The van der Waals surface area contributed by atoms with Gasteiger partial charge in [0.25, 0.3) is 5.56 Å². The summed E-state index contributed by atoms with van der Waals surface area (Å²) >= 11 is 6.35. The van der Waals surface area contributed by atoms with Crippen LogP contribution in [0.2, 0.25) is 5.02 Å². The Kier molecular flexibility index (Phi) is 5.46. The van der Waals surface area contributed by atoms with Crippen molar-refractivity contribution in [3.05, 3.63) is 87.4 Å². The van der Waals surface area contributed by atoms with Crippen LogP contribution in [0.5, 0.6) is 5.75 Å².